The lowest BCUT2D eigenvalue weighted by molar-refractivity contribution is -0.192. The minimum Gasteiger partial charge on any atom is -0.475 e. The number of carbonyl (C=O) groups excluding carboxylic acids is 1. The average molecular weight is 521 g/mol. The molecule has 2 N–H and O–H groups in total. The third-order valence-corrected chi connectivity index (χ3v) is 5.38. The Labute approximate surface area is 215 Å². The van der Waals surface area contributed by atoms with Gasteiger partial charge in [-0.05, 0) is 35.9 Å². The van der Waals surface area contributed by atoms with Gasteiger partial charge < -0.3 is 15.0 Å². The van der Waals surface area contributed by atoms with Gasteiger partial charge in [0.25, 0.3) is 5.91 Å². The summed E-state index contributed by atoms with van der Waals surface area (Å²) in [6, 6.07) is 23.5. The second-order valence-corrected chi connectivity index (χ2v) is 8.10. The zero-order chi connectivity index (χ0) is 27.1. The van der Waals surface area contributed by atoms with Crippen LogP contribution in [-0.2, 0) is 17.9 Å². The van der Waals surface area contributed by atoms with E-state index in [1.807, 2.05) is 95.8 Å². The largest absolute Gasteiger partial charge is 0.490 e. The number of aromatic nitrogens is 4. The van der Waals surface area contributed by atoms with Crippen molar-refractivity contribution in [2.24, 2.45) is 0 Å². The predicted molar refractivity (Wildman–Crippen MR) is 133 cm³/mol. The smallest absolute Gasteiger partial charge is 0.475 e. The highest BCUT2D eigenvalue weighted by Crippen LogP contribution is 2.23. The van der Waals surface area contributed by atoms with Crippen molar-refractivity contribution >= 4 is 17.4 Å². The number of halogens is 3. The van der Waals surface area contributed by atoms with Gasteiger partial charge in [-0.3, -0.25) is 14.2 Å². The molecule has 0 saturated heterocycles. The van der Waals surface area contributed by atoms with E-state index in [1.165, 1.54) is 0 Å². The molecule has 0 bridgehead atoms. The zero-order valence-electron chi connectivity index (χ0n) is 19.8. The number of amides is 1. The number of fused-ring (bicyclic) bond motifs is 1. The van der Waals surface area contributed by atoms with E-state index < -0.39 is 12.1 Å². The van der Waals surface area contributed by atoms with Gasteiger partial charge in [-0.1, -0.05) is 42.5 Å². The molecule has 5 aromatic rings. The van der Waals surface area contributed by atoms with Gasteiger partial charge in [0.05, 0.1) is 17.8 Å². The van der Waals surface area contributed by atoms with Crippen molar-refractivity contribution in [2.45, 2.75) is 19.3 Å². The van der Waals surface area contributed by atoms with E-state index in [1.54, 1.807) is 6.20 Å². The van der Waals surface area contributed by atoms with Crippen LogP contribution in [0, 0.1) is 0 Å². The van der Waals surface area contributed by atoms with Crippen molar-refractivity contribution in [3.8, 4) is 11.4 Å². The summed E-state index contributed by atoms with van der Waals surface area (Å²) in [7, 11) is 0. The number of carboxylic acid groups (broad SMARTS) is 1. The number of pyridine rings is 2. The molecule has 194 valence electrons. The maximum Gasteiger partial charge on any atom is 0.490 e. The number of nitrogens with one attached hydrogen (secondary N) is 1. The Bertz CT molecular complexity index is 1530. The van der Waals surface area contributed by atoms with E-state index in [4.69, 9.17) is 14.9 Å². The summed E-state index contributed by atoms with van der Waals surface area (Å²) in [5.74, 6) is -2.21. The number of carbonyl (C=O) groups is 2. The van der Waals surface area contributed by atoms with Gasteiger partial charge in [0.1, 0.15) is 5.82 Å². The summed E-state index contributed by atoms with van der Waals surface area (Å²) in [6.45, 7) is 1.13. The van der Waals surface area contributed by atoms with E-state index in [9.17, 15) is 18.0 Å². The number of alkyl halides is 3. The fourth-order valence-electron chi connectivity index (χ4n) is 3.62. The lowest BCUT2D eigenvalue weighted by atomic mass is 10.2. The van der Waals surface area contributed by atoms with E-state index >= 15 is 0 Å². The number of carboxylic acids is 1. The molecular formula is C27H22F3N5O3. The lowest BCUT2D eigenvalue weighted by Crippen LogP contribution is -2.23. The molecule has 0 fully saturated rings. The molecule has 0 aliphatic rings. The highest BCUT2D eigenvalue weighted by molar-refractivity contribution is 6.00. The Morgan fingerprint density at radius 1 is 0.921 bits per heavy atom. The van der Waals surface area contributed by atoms with Crippen LogP contribution in [0.3, 0.4) is 0 Å². The maximum absolute atomic E-state index is 12.9. The van der Waals surface area contributed by atoms with Crippen LogP contribution < -0.4 is 5.32 Å². The lowest BCUT2D eigenvalue weighted by Gasteiger charge is -2.03. The number of hydrogen-bond acceptors (Lipinski definition) is 4. The first-order valence-corrected chi connectivity index (χ1v) is 11.4. The topological polar surface area (TPSA) is 102 Å². The molecule has 0 aliphatic heterocycles. The van der Waals surface area contributed by atoms with E-state index in [0.717, 1.165) is 28.2 Å². The summed E-state index contributed by atoms with van der Waals surface area (Å²) in [6.07, 6.45) is 2.68. The number of hydrogen-bond donors (Lipinski definition) is 2. The normalized spacial score (nSPS) is 11.0. The maximum atomic E-state index is 12.9. The van der Waals surface area contributed by atoms with E-state index in [-0.39, 0.29) is 5.91 Å². The van der Waals surface area contributed by atoms with E-state index in [0.29, 0.717) is 18.8 Å². The zero-order valence-corrected chi connectivity index (χ0v) is 19.8. The van der Waals surface area contributed by atoms with Crippen LogP contribution in [0.15, 0.2) is 97.6 Å². The number of rotatable bonds is 6. The number of nitrogens with zero attached hydrogens (tertiary/aromatic N) is 4. The highest BCUT2D eigenvalue weighted by Gasteiger charge is 2.38. The predicted octanol–water partition coefficient (Wildman–Crippen LogP) is 4.81. The van der Waals surface area contributed by atoms with Gasteiger partial charge >= 0.3 is 12.1 Å². The summed E-state index contributed by atoms with van der Waals surface area (Å²) < 4.78 is 35.8. The van der Waals surface area contributed by atoms with Gasteiger partial charge in [0, 0.05) is 36.9 Å². The molecule has 0 unspecified atom stereocenters. The van der Waals surface area contributed by atoms with Crippen molar-refractivity contribution < 1.29 is 27.9 Å². The molecule has 0 radical (unpaired) electrons. The third-order valence-electron chi connectivity index (χ3n) is 5.38. The quantitative estimate of drug-likeness (QED) is 0.334. The molecule has 1 aromatic carbocycles. The number of aliphatic carboxylic acids is 1. The average Bonchev–Trinajstić information content (AvgIpc) is 3.53. The SMILES string of the molecule is O=C(NCc1ccccc1)c1nc(-c2ccn(Cc3ccccn3)c2)n2ccccc12.O=C(O)C(F)(F)F. The van der Waals surface area contributed by atoms with Gasteiger partial charge in [-0.15, -0.1) is 0 Å². The Morgan fingerprint density at radius 2 is 1.63 bits per heavy atom. The second-order valence-electron chi connectivity index (χ2n) is 8.10. The molecule has 8 nitrogen and oxygen atoms in total. The minimum atomic E-state index is -5.08. The summed E-state index contributed by atoms with van der Waals surface area (Å²) in [5, 5.41) is 10.1. The number of imidazole rings is 1. The van der Waals surface area contributed by atoms with Crippen LogP contribution in [0.25, 0.3) is 16.9 Å². The molecule has 4 heterocycles. The summed E-state index contributed by atoms with van der Waals surface area (Å²) in [5.41, 5.74) is 4.17. The van der Waals surface area contributed by atoms with Gasteiger partial charge in [0.2, 0.25) is 0 Å². The monoisotopic (exact) mass is 521 g/mol. The first-order valence-electron chi connectivity index (χ1n) is 11.4. The molecule has 0 atom stereocenters. The molecule has 5 rings (SSSR count). The standard InChI is InChI=1S/C25H21N5O.C2HF3O2/c31-25(27-16-19-8-2-1-3-9-19)23-22-11-5-7-14-30(22)24(28-23)20-12-15-29(17-20)18-21-10-4-6-13-26-21;3-2(4,5)1(6)7/h1-15,17H,16,18H2,(H,27,31);(H,6,7). The van der Waals surface area contributed by atoms with Crippen LogP contribution in [0.5, 0.6) is 0 Å². The molecular weight excluding hydrogens is 499 g/mol. The van der Waals surface area contributed by atoms with Crippen molar-refractivity contribution in [3.05, 3.63) is 115 Å². The Kier molecular flexibility index (Phi) is 7.86. The molecule has 4 aromatic heterocycles. The molecule has 0 saturated carbocycles. The molecule has 38 heavy (non-hydrogen) atoms. The van der Waals surface area contributed by atoms with Crippen molar-refractivity contribution in [3.63, 3.8) is 0 Å². The Balaban J connectivity index is 0.000000426. The van der Waals surface area contributed by atoms with E-state index in [2.05, 4.69) is 14.9 Å². The van der Waals surface area contributed by atoms with Crippen LogP contribution >= 0.6 is 0 Å². The minimum absolute atomic E-state index is 0.188. The third kappa shape index (κ3) is 6.44. The fraction of sp³-hybridized carbons (Fsp3) is 0.111. The van der Waals surface area contributed by atoms with Crippen molar-refractivity contribution in [1.82, 2.24) is 24.3 Å². The molecule has 0 aliphatic carbocycles. The van der Waals surface area contributed by atoms with Crippen molar-refractivity contribution in [1.29, 1.82) is 0 Å². The van der Waals surface area contributed by atoms with Gasteiger partial charge in [-0.2, -0.15) is 13.2 Å². The van der Waals surface area contributed by atoms with Crippen molar-refractivity contribution in [2.75, 3.05) is 0 Å². The molecule has 11 heteroatoms. The van der Waals surface area contributed by atoms with Gasteiger partial charge in [0.15, 0.2) is 5.69 Å². The van der Waals surface area contributed by atoms with Gasteiger partial charge in [-0.25, -0.2) is 9.78 Å². The highest BCUT2D eigenvalue weighted by atomic mass is 19.4. The Hall–Kier alpha value is -4.93. The number of benzene rings is 1. The summed E-state index contributed by atoms with van der Waals surface area (Å²) >= 11 is 0. The first-order chi connectivity index (χ1) is 18.2. The molecule has 0 spiro atoms. The summed E-state index contributed by atoms with van der Waals surface area (Å²) in [4.78, 5) is 30.9. The second kappa shape index (κ2) is 11.4. The van der Waals surface area contributed by atoms with Crippen LogP contribution in [0.2, 0.25) is 0 Å². The van der Waals surface area contributed by atoms with Crippen LogP contribution in [0.1, 0.15) is 21.7 Å². The first kappa shape index (κ1) is 26.1. The van der Waals surface area contributed by atoms with Crippen LogP contribution in [0.4, 0.5) is 13.2 Å². The Morgan fingerprint density at radius 3 is 2.32 bits per heavy atom. The molecule has 1 amide bonds. The fourth-order valence-corrected chi connectivity index (χ4v) is 3.62. The van der Waals surface area contributed by atoms with Crippen LogP contribution in [-0.4, -0.2) is 42.1 Å².